The van der Waals surface area contributed by atoms with Gasteiger partial charge in [-0.2, -0.15) is 0 Å². The fourth-order valence-electron chi connectivity index (χ4n) is 2.56. The summed E-state index contributed by atoms with van der Waals surface area (Å²) in [6.45, 7) is 0.290. The molecule has 1 fully saturated rings. The van der Waals surface area contributed by atoms with Crippen molar-refractivity contribution in [1.82, 2.24) is 5.32 Å². The number of nitrogens with two attached hydrogens (primary N) is 1. The maximum Gasteiger partial charge on any atom is 0.253 e. The van der Waals surface area contributed by atoms with Crippen molar-refractivity contribution in [3.63, 3.8) is 0 Å². The Bertz CT molecular complexity index is 663. The highest BCUT2D eigenvalue weighted by molar-refractivity contribution is 6.03. The van der Waals surface area contributed by atoms with Gasteiger partial charge in [0.25, 0.3) is 5.91 Å². The molecule has 20 heavy (non-hydrogen) atoms. The van der Waals surface area contributed by atoms with Crippen LogP contribution in [0.2, 0.25) is 0 Å². The normalized spacial score (nSPS) is 16.6. The summed E-state index contributed by atoms with van der Waals surface area (Å²) in [7, 11) is 0. The van der Waals surface area contributed by atoms with Crippen LogP contribution < -0.4 is 11.1 Å². The topological polar surface area (TPSA) is 75.4 Å². The van der Waals surface area contributed by atoms with Crippen molar-refractivity contribution in [1.29, 1.82) is 0 Å². The molecule has 0 atom stereocenters. The minimum Gasteiger partial charge on any atom is -0.398 e. The fourth-order valence-corrected chi connectivity index (χ4v) is 2.56. The van der Waals surface area contributed by atoms with Gasteiger partial charge in [0, 0.05) is 12.2 Å². The number of rotatable bonds is 3. The zero-order chi connectivity index (χ0) is 14.2. The van der Waals surface area contributed by atoms with E-state index >= 15 is 0 Å². The Kier molecular flexibility index (Phi) is 3.10. The van der Waals surface area contributed by atoms with E-state index in [0.717, 1.165) is 30.0 Å². The first-order valence-corrected chi connectivity index (χ1v) is 6.86. The van der Waals surface area contributed by atoms with Crippen LogP contribution >= 0.6 is 0 Å². The first-order chi connectivity index (χ1) is 9.57. The lowest BCUT2D eigenvalue weighted by Crippen LogP contribution is -2.47. The molecule has 0 spiro atoms. The number of benzene rings is 2. The second-order valence-electron chi connectivity index (χ2n) is 5.55. The first kappa shape index (κ1) is 12.9. The molecule has 0 bridgehead atoms. The average molecular weight is 270 g/mol. The highest BCUT2D eigenvalue weighted by Crippen LogP contribution is 2.30. The number of carbonyl (C=O) groups is 1. The van der Waals surface area contributed by atoms with Gasteiger partial charge in [-0.1, -0.05) is 24.3 Å². The third-order valence-electron chi connectivity index (χ3n) is 4.02. The number of anilines is 1. The van der Waals surface area contributed by atoms with Crippen LogP contribution in [0.5, 0.6) is 0 Å². The smallest absolute Gasteiger partial charge is 0.253 e. The molecule has 0 aromatic heterocycles. The lowest BCUT2D eigenvalue weighted by atomic mass is 9.80. The summed E-state index contributed by atoms with van der Waals surface area (Å²) in [6.07, 6.45) is 2.52. The van der Waals surface area contributed by atoms with Gasteiger partial charge in [0.15, 0.2) is 0 Å². The number of carbonyl (C=O) groups excluding carboxylic acids is 1. The monoisotopic (exact) mass is 270 g/mol. The van der Waals surface area contributed by atoms with Crippen molar-refractivity contribution < 1.29 is 9.90 Å². The number of hydrogen-bond acceptors (Lipinski definition) is 3. The van der Waals surface area contributed by atoms with Gasteiger partial charge in [-0.25, -0.2) is 0 Å². The molecule has 104 valence electrons. The molecular weight excluding hydrogens is 252 g/mol. The van der Waals surface area contributed by atoms with Gasteiger partial charge in [-0.05, 0) is 42.2 Å². The van der Waals surface area contributed by atoms with Gasteiger partial charge in [-0.15, -0.1) is 0 Å². The standard InChI is InChI=1S/C16H18N2O2/c17-14-9-12-5-2-1-4-11(12)8-13(14)15(19)18-10-16(20)6-3-7-16/h1-2,4-5,8-9,20H,3,6-7,10,17H2,(H,18,19). The molecule has 4 heteroatoms. The Morgan fingerprint density at radius 1 is 1.25 bits per heavy atom. The number of hydrogen-bond donors (Lipinski definition) is 3. The third-order valence-corrected chi connectivity index (χ3v) is 4.02. The number of fused-ring (bicyclic) bond motifs is 1. The second kappa shape index (κ2) is 4.80. The zero-order valence-electron chi connectivity index (χ0n) is 11.2. The summed E-state index contributed by atoms with van der Waals surface area (Å²) in [4.78, 5) is 12.2. The quantitative estimate of drug-likeness (QED) is 0.747. The van der Waals surface area contributed by atoms with Crippen LogP contribution in [0.3, 0.4) is 0 Å². The van der Waals surface area contributed by atoms with Crippen LogP contribution in [0.1, 0.15) is 29.6 Å². The Labute approximate surface area is 117 Å². The summed E-state index contributed by atoms with van der Waals surface area (Å²) in [5, 5.41) is 14.8. The van der Waals surface area contributed by atoms with Gasteiger partial charge in [0.2, 0.25) is 0 Å². The molecule has 0 saturated heterocycles. The summed E-state index contributed by atoms with van der Waals surface area (Å²) in [6, 6.07) is 11.4. The van der Waals surface area contributed by atoms with Gasteiger partial charge in [-0.3, -0.25) is 4.79 Å². The zero-order valence-corrected chi connectivity index (χ0v) is 11.2. The van der Waals surface area contributed by atoms with Crippen molar-refractivity contribution in [3.05, 3.63) is 42.0 Å². The van der Waals surface area contributed by atoms with Crippen molar-refractivity contribution >= 4 is 22.4 Å². The number of nitrogens with one attached hydrogen (secondary N) is 1. The van der Waals surface area contributed by atoms with E-state index in [1.807, 2.05) is 30.3 Å². The Morgan fingerprint density at radius 2 is 1.90 bits per heavy atom. The molecule has 3 rings (SSSR count). The van der Waals surface area contributed by atoms with E-state index < -0.39 is 5.60 Å². The van der Waals surface area contributed by atoms with Gasteiger partial charge >= 0.3 is 0 Å². The van der Waals surface area contributed by atoms with Crippen molar-refractivity contribution in [3.8, 4) is 0 Å². The summed E-state index contributed by atoms with van der Waals surface area (Å²) in [5.74, 6) is -0.228. The van der Waals surface area contributed by atoms with Crippen LogP contribution in [0, 0.1) is 0 Å². The molecule has 1 aliphatic carbocycles. The molecular formula is C16H18N2O2. The molecule has 0 heterocycles. The molecule has 4 N–H and O–H groups in total. The molecule has 2 aromatic carbocycles. The van der Waals surface area contributed by atoms with Crippen LogP contribution in [0.25, 0.3) is 10.8 Å². The van der Waals surface area contributed by atoms with Gasteiger partial charge < -0.3 is 16.2 Å². The first-order valence-electron chi connectivity index (χ1n) is 6.86. The van der Waals surface area contributed by atoms with Crippen LogP contribution in [0.15, 0.2) is 36.4 Å². The van der Waals surface area contributed by atoms with E-state index in [1.54, 1.807) is 6.07 Å². The van der Waals surface area contributed by atoms with E-state index in [4.69, 9.17) is 5.73 Å². The highest BCUT2D eigenvalue weighted by Gasteiger charge is 2.34. The van der Waals surface area contributed by atoms with E-state index in [2.05, 4.69) is 5.32 Å². The molecule has 2 aromatic rings. The predicted molar refractivity (Wildman–Crippen MR) is 79.5 cm³/mol. The molecule has 0 unspecified atom stereocenters. The van der Waals surface area contributed by atoms with Crippen LogP contribution in [-0.2, 0) is 0 Å². The number of nitrogen functional groups attached to an aromatic ring is 1. The Hall–Kier alpha value is -2.07. The lowest BCUT2D eigenvalue weighted by Gasteiger charge is -2.36. The fraction of sp³-hybridized carbons (Fsp3) is 0.312. The molecule has 1 saturated carbocycles. The maximum atomic E-state index is 12.2. The predicted octanol–water partition coefficient (Wildman–Crippen LogP) is 2.07. The number of amides is 1. The minimum absolute atomic E-state index is 0.228. The SMILES string of the molecule is Nc1cc2ccccc2cc1C(=O)NCC1(O)CCC1. The van der Waals surface area contributed by atoms with E-state index in [1.165, 1.54) is 0 Å². The van der Waals surface area contributed by atoms with Crippen molar-refractivity contribution in [2.75, 3.05) is 12.3 Å². The Balaban J connectivity index is 1.81. The molecule has 0 aliphatic heterocycles. The third kappa shape index (κ3) is 2.34. The minimum atomic E-state index is -0.721. The second-order valence-corrected chi connectivity index (χ2v) is 5.55. The highest BCUT2D eigenvalue weighted by atomic mass is 16.3. The molecule has 1 amide bonds. The molecule has 0 radical (unpaired) electrons. The van der Waals surface area contributed by atoms with Gasteiger partial charge in [0.1, 0.15) is 0 Å². The van der Waals surface area contributed by atoms with E-state index in [9.17, 15) is 9.90 Å². The largest absolute Gasteiger partial charge is 0.398 e. The Morgan fingerprint density at radius 3 is 2.50 bits per heavy atom. The summed E-state index contributed by atoms with van der Waals surface area (Å²) >= 11 is 0. The summed E-state index contributed by atoms with van der Waals surface area (Å²) in [5.41, 5.74) is 6.15. The van der Waals surface area contributed by atoms with Crippen molar-refractivity contribution in [2.24, 2.45) is 0 Å². The van der Waals surface area contributed by atoms with Crippen LogP contribution in [-0.4, -0.2) is 23.2 Å². The number of aliphatic hydroxyl groups is 1. The molecule has 1 aliphatic rings. The van der Waals surface area contributed by atoms with Crippen molar-refractivity contribution in [2.45, 2.75) is 24.9 Å². The summed E-state index contributed by atoms with van der Waals surface area (Å²) < 4.78 is 0. The lowest BCUT2D eigenvalue weighted by molar-refractivity contribution is -0.0300. The molecule has 4 nitrogen and oxygen atoms in total. The maximum absolute atomic E-state index is 12.2. The average Bonchev–Trinajstić information content (AvgIpc) is 2.42. The van der Waals surface area contributed by atoms with Gasteiger partial charge in [0.05, 0.1) is 11.2 Å². The van der Waals surface area contributed by atoms with Crippen LogP contribution in [0.4, 0.5) is 5.69 Å². The van der Waals surface area contributed by atoms with E-state index in [0.29, 0.717) is 11.3 Å². The van der Waals surface area contributed by atoms with E-state index in [-0.39, 0.29) is 12.5 Å².